The minimum absolute atomic E-state index is 0.207. The van der Waals surface area contributed by atoms with Crippen molar-refractivity contribution in [3.8, 4) is 11.5 Å². The van der Waals surface area contributed by atoms with Gasteiger partial charge in [-0.05, 0) is 49.7 Å². The molecule has 3 aromatic heterocycles. The standard InChI is InChI=1S/C22H21N7O3/c1-3-32-22(31)19-12-26-29(15(19)2)18-7-5-17(6-8-18)21(30)25-11-16-4-9-20(24-10-16)28-14-23-13-27-28/h4-10,12-14H,3,11H2,1-2H3,(H,25,30). The van der Waals surface area contributed by atoms with E-state index in [1.807, 2.05) is 12.1 Å². The summed E-state index contributed by atoms with van der Waals surface area (Å²) in [6, 6.07) is 10.7. The first-order chi connectivity index (χ1) is 15.6. The van der Waals surface area contributed by atoms with Gasteiger partial charge in [0, 0.05) is 18.3 Å². The van der Waals surface area contributed by atoms with Crippen LogP contribution in [-0.4, -0.2) is 48.0 Å². The zero-order valence-corrected chi connectivity index (χ0v) is 17.6. The first-order valence-corrected chi connectivity index (χ1v) is 9.97. The number of hydrogen-bond donors (Lipinski definition) is 1. The minimum atomic E-state index is -0.406. The van der Waals surface area contributed by atoms with Crippen molar-refractivity contribution < 1.29 is 14.3 Å². The molecular weight excluding hydrogens is 410 g/mol. The molecule has 0 saturated carbocycles. The fraction of sp³-hybridized carbons (Fsp3) is 0.182. The lowest BCUT2D eigenvalue weighted by molar-refractivity contribution is 0.0525. The first kappa shape index (κ1) is 20.9. The zero-order valence-electron chi connectivity index (χ0n) is 17.6. The molecule has 0 aliphatic rings. The Hall–Kier alpha value is -4.34. The van der Waals surface area contributed by atoms with Crippen molar-refractivity contribution in [1.82, 2.24) is 34.8 Å². The number of benzene rings is 1. The van der Waals surface area contributed by atoms with E-state index in [1.54, 1.807) is 60.0 Å². The second kappa shape index (κ2) is 9.21. The molecule has 0 fully saturated rings. The SMILES string of the molecule is CCOC(=O)c1cnn(-c2ccc(C(=O)NCc3ccc(-n4cncn4)nc3)cc2)c1C. The fourth-order valence-electron chi connectivity index (χ4n) is 3.10. The lowest BCUT2D eigenvalue weighted by Gasteiger charge is -2.08. The largest absolute Gasteiger partial charge is 0.462 e. The number of rotatable bonds is 7. The lowest BCUT2D eigenvalue weighted by Crippen LogP contribution is -2.22. The number of nitrogens with zero attached hydrogens (tertiary/aromatic N) is 6. The number of esters is 1. The monoisotopic (exact) mass is 431 g/mol. The van der Waals surface area contributed by atoms with Gasteiger partial charge in [-0.15, -0.1) is 0 Å². The Bertz CT molecular complexity index is 1210. The van der Waals surface area contributed by atoms with E-state index in [-0.39, 0.29) is 5.91 Å². The van der Waals surface area contributed by atoms with Gasteiger partial charge in [0.1, 0.15) is 18.2 Å². The Morgan fingerprint density at radius 2 is 1.88 bits per heavy atom. The second-order valence-corrected chi connectivity index (χ2v) is 6.87. The highest BCUT2D eigenvalue weighted by Gasteiger charge is 2.16. The van der Waals surface area contributed by atoms with Gasteiger partial charge < -0.3 is 10.1 Å². The Morgan fingerprint density at radius 3 is 2.53 bits per heavy atom. The Labute approximate surface area is 183 Å². The second-order valence-electron chi connectivity index (χ2n) is 6.87. The molecule has 32 heavy (non-hydrogen) atoms. The number of hydrogen-bond acceptors (Lipinski definition) is 7. The number of ether oxygens (including phenoxy) is 1. The number of aromatic nitrogens is 6. The van der Waals surface area contributed by atoms with Crippen LogP contribution in [0.2, 0.25) is 0 Å². The third kappa shape index (κ3) is 4.38. The topological polar surface area (TPSA) is 117 Å². The summed E-state index contributed by atoms with van der Waals surface area (Å²) in [5.41, 5.74) is 3.19. The van der Waals surface area contributed by atoms with Crippen molar-refractivity contribution in [3.05, 3.63) is 83.8 Å². The number of carbonyl (C=O) groups excluding carboxylic acids is 2. The molecule has 4 aromatic rings. The Morgan fingerprint density at radius 1 is 1.06 bits per heavy atom. The van der Waals surface area contributed by atoms with Crippen LogP contribution in [0.3, 0.4) is 0 Å². The number of nitrogens with one attached hydrogen (secondary N) is 1. The van der Waals surface area contributed by atoms with E-state index in [0.717, 1.165) is 11.3 Å². The van der Waals surface area contributed by atoms with Crippen LogP contribution in [0.15, 0.2) is 61.4 Å². The van der Waals surface area contributed by atoms with Gasteiger partial charge in [-0.2, -0.15) is 10.2 Å². The molecule has 0 spiro atoms. The molecule has 10 nitrogen and oxygen atoms in total. The highest BCUT2D eigenvalue weighted by atomic mass is 16.5. The highest BCUT2D eigenvalue weighted by molar-refractivity contribution is 5.94. The van der Waals surface area contributed by atoms with E-state index in [9.17, 15) is 9.59 Å². The molecule has 0 radical (unpaired) electrons. The fourth-order valence-corrected chi connectivity index (χ4v) is 3.10. The zero-order chi connectivity index (χ0) is 22.5. The van der Waals surface area contributed by atoms with Crippen LogP contribution < -0.4 is 5.32 Å². The molecule has 0 saturated heterocycles. The molecule has 0 bridgehead atoms. The molecule has 1 aromatic carbocycles. The number of amides is 1. The predicted octanol–water partition coefficient (Wildman–Crippen LogP) is 2.26. The normalized spacial score (nSPS) is 10.7. The third-order valence-electron chi connectivity index (χ3n) is 4.79. The minimum Gasteiger partial charge on any atom is -0.462 e. The van der Waals surface area contributed by atoms with Crippen molar-refractivity contribution in [2.24, 2.45) is 0 Å². The summed E-state index contributed by atoms with van der Waals surface area (Å²) in [7, 11) is 0. The van der Waals surface area contributed by atoms with Crippen LogP contribution in [-0.2, 0) is 11.3 Å². The van der Waals surface area contributed by atoms with Gasteiger partial charge in [-0.3, -0.25) is 4.79 Å². The molecule has 1 amide bonds. The first-order valence-electron chi connectivity index (χ1n) is 9.97. The smallest absolute Gasteiger partial charge is 0.341 e. The van der Waals surface area contributed by atoms with Gasteiger partial charge in [0.05, 0.1) is 24.2 Å². The maximum absolute atomic E-state index is 12.5. The van der Waals surface area contributed by atoms with Crippen LogP contribution >= 0.6 is 0 Å². The average molecular weight is 431 g/mol. The summed E-state index contributed by atoms with van der Waals surface area (Å²) in [6.07, 6.45) is 6.17. The van der Waals surface area contributed by atoms with Gasteiger partial charge >= 0.3 is 5.97 Å². The predicted molar refractivity (Wildman–Crippen MR) is 115 cm³/mol. The van der Waals surface area contributed by atoms with E-state index < -0.39 is 5.97 Å². The van der Waals surface area contributed by atoms with E-state index in [4.69, 9.17) is 4.74 Å². The van der Waals surface area contributed by atoms with Crippen molar-refractivity contribution in [2.75, 3.05) is 6.61 Å². The molecule has 4 rings (SSSR count). The van der Waals surface area contributed by atoms with E-state index in [2.05, 4.69) is 25.5 Å². The number of pyridine rings is 1. The van der Waals surface area contributed by atoms with Crippen LogP contribution in [0.4, 0.5) is 0 Å². The summed E-state index contributed by atoms with van der Waals surface area (Å²) in [4.78, 5) is 32.7. The maximum Gasteiger partial charge on any atom is 0.341 e. The quantitative estimate of drug-likeness (QED) is 0.446. The Balaban J connectivity index is 1.39. The van der Waals surface area contributed by atoms with Crippen molar-refractivity contribution in [3.63, 3.8) is 0 Å². The average Bonchev–Trinajstić information content (AvgIpc) is 3.48. The summed E-state index contributed by atoms with van der Waals surface area (Å²) in [5.74, 6) is 0.0329. The van der Waals surface area contributed by atoms with Gasteiger partial charge in [0.25, 0.3) is 5.91 Å². The summed E-state index contributed by atoms with van der Waals surface area (Å²) >= 11 is 0. The molecule has 0 unspecified atom stereocenters. The molecule has 10 heteroatoms. The van der Waals surface area contributed by atoms with Crippen LogP contribution in [0.1, 0.15) is 38.9 Å². The molecule has 0 aliphatic heterocycles. The lowest BCUT2D eigenvalue weighted by atomic mass is 10.2. The van der Waals surface area contributed by atoms with Crippen LogP contribution in [0.5, 0.6) is 0 Å². The van der Waals surface area contributed by atoms with Crippen molar-refractivity contribution >= 4 is 11.9 Å². The summed E-state index contributed by atoms with van der Waals surface area (Å²) < 4.78 is 8.23. The van der Waals surface area contributed by atoms with Crippen molar-refractivity contribution in [2.45, 2.75) is 20.4 Å². The summed E-state index contributed by atoms with van der Waals surface area (Å²) in [6.45, 7) is 4.19. The van der Waals surface area contributed by atoms with Gasteiger partial charge in [0.15, 0.2) is 5.82 Å². The molecule has 0 aliphatic carbocycles. The van der Waals surface area contributed by atoms with Gasteiger partial charge in [0.2, 0.25) is 0 Å². The molecule has 0 atom stereocenters. The molecular formula is C22H21N7O3. The van der Waals surface area contributed by atoms with E-state index in [0.29, 0.717) is 35.8 Å². The molecule has 3 heterocycles. The summed E-state index contributed by atoms with van der Waals surface area (Å²) in [5, 5.41) is 11.2. The van der Waals surface area contributed by atoms with E-state index >= 15 is 0 Å². The van der Waals surface area contributed by atoms with Crippen LogP contribution in [0, 0.1) is 6.92 Å². The van der Waals surface area contributed by atoms with Gasteiger partial charge in [-0.1, -0.05) is 6.07 Å². The molecule has 1 N–H and O–H groups in total. The number of carbonyl (C=O) groups is 2. The molecule has 162 valence electrons. The Kier molecular flexibility index (Phi) is 6.02. The highest BCUT2D eigenvalue weighted by Crippen LogP contribution is 2.16. The van der Waals surface area contributed by atoms with Crippen molar-refractivity contribution in [1.29, 1.82) is 0 Å². The van der Waals surface area contributed by atoms with Crippen LogP contribution in [0.25, 0.3) is 11.5 Å². The van der Waals surface area contributed by atoms with E-state index in [1.165, 1.54) is 12.5 Å². The maximum atomic E-state index is 12.5. The van der Waals surface area contributed by atoms with Gasteiger partial charge in [-0.25, -0.2) is 24.1 Å². The third-order valence-corrected chi connectivity index (χ3v) is 4.79.